The van der Waals surface area contributed by atoms with Crippen LogP contribution in [0.5, 0.6) is 0 Å². The van der Waals surface area contributed by atoms with Crippen molar-refractivity contribution in [2.45, 2.75) is 6.54 Å². The van der Waals surface area contributed by atoms with Crippen molar-refractivity contribution in [3.8, 4) is 0 Å². The number of benzene rings is 2. The third kappa shape index (κ3) is 3.74. The molecular weight excluding hydrogens is 369 g/mol. The molecule has 0 spiro atoms. The summed E-state index contributed by atoms with van der Waals surface area (Å²) in [6.45, 7) is 4.41. The van der Waals surface area contributed by atoms with E-state index in [-0.39, 0.29) is 5.56 Å². The highest BCUT2D eigenvalue weighted by molar-refractivity contribution is 6.52. The molecule has 0 N–H and O–H groups in total. The van der Waals surface area contributed by atoms with Crippen molar-refractivity contribution in [3.63, 3.8) is 0 Å². The number of halogens is 2. The minimum absolute atomic E-state index is 0.280. The maximum absolute atomic E-state index is 13.6. The molecule has 1 amide bonds. The van der Waals surface area contributed by atoms with Gasteiger partial charge in [0.2, 0.25) is 0 Å². The lowest BCUT2D eigenvalue weighted by atomic mass is 10.1. The Kier molecular flexibility index (Phi) is 4.95. The Bertz CT molecular complexity index is 879. The van der Waals surface area contributed by atoms with Crippen LogP contribution >= 0.6 is 11.6 Å². The van der Waals surface area contributed by atoms with E-state index in [1.54, 1.807) is 0 Å². The fourth-order valence-electron chi connectivity index (χ4n) is 3.54. The van der Waals surface area contributed by atoms with Gasteiger partial charge in [0.05, 0.1) is 17.9 Å². The number of nitrogens with zero attached hydrogens (tertiary/aromatic N) is 3. The third-order valence-electron chi connectivity index (χ3n) is 5.06. The van der Waals surface area contributed by atoms with E-state index in [2.05, 4.69) is 9.80 Å². The van der Waals surface area contributed by atoms with Crippen LogP contribution in [0.4, 0.5) is 10.1 Å². The van der Waals surface area contributed by atoms with Crippen LogP contribution in [0.2, 0.25) is 5.02 Å². The first-order valence-electron chi connectivity index (χ1n) is 8.86. The lowest BCUT2D eigenvalue weighted by molar-refractivity contribution is -0.114. The van der Waals surface area contributed by atoms with Gasteiger partial charge in [-0.05, 0) is 35.9 Å². The first kappa shape index (κ1) is 18.1. The number of hydrogen-bond acceptors (Lipinski definition) is 4. The Balaban J connectivity index is 1.37. The van der Waals surface area contributed by atoms with E-state index in [4.69, 9.17) is 11.6 Å². The molecule has 0 unspecified atom stereocenters. The lowest BCUT2D eigenvalue weighted by Gasteiger charge is -2.36. The average molecular weight is 388 g/mol. The van der Waals surface area contributed by atoms with Gasteiger partial charge in [-0.2, -0.15) is 0 Å². The van der Waals surface area contributed by atoms with Crippen LogP contribution in [-0.2, 0) is 11.3 Å². The highest BCUT2D eigenvalue weighted by Gasteiger charge is 2.37. The molecule has 0 aromatic heterocycles. The van der Waals surface area contributed by atoms with Crippen LogP contribution in [-0.4, -0.2) is 54.3 Å². The smallest absolute Gasteiger partial charge is 0.297 e. The Morgan fingerprint density at radius 3 is 2.30 bits per heavy atom. The summed E-state index contributed by atoms with van der Waals surface area (Å²) in [5.74, 6) is -1.60. The molecule has 7 heteroatoms. The standard InChI is InChI=1S/C20H19ClFN3O2/c21-15-3-1-14(2-4-15)12-23-7-9-24(10-8-23)13-25-18-11-16(22)5-6-17(18)19(26)20(25)27/h1-6,11H,7-10,12-13H2. The fourth-order valence-corrected chi connectivity index (χ4v) is 3.67. The van der Waals surface area contributed by atoms with Gasteiger partial charge in [-0.3, -0.25) is 24.3 Å². The summed E-state index contributed by atoms with van der Waals surface area (Å²) in [5, 5.41) is 0.727. The van der Waals surface area contributed by atoms with E-state index in [1.807, 2.05) is 24.3 Å². The Labute approximate surface area is 161 Å². The van der Waals surface area contributed by atoms with Crippen molar-refractivity contribution in [1.29, 1.82) is 0 Å². The van der Waals surface area contributed by atoms with E-state index >= 15 is 0 Å². The van der Waals surface area contributed by atoms with Gasteiger partial charge in [0.1, 0.15) is 5.82 Å². The third-order valence-corrected chi connectivity index (χ3v) is 5.31. The first-order chi connectivity index (χ1) is 13.0. The Hall–Kier alpha value is -2.28. The van der Waals surface area contributed by atoms with Crippen molar-refractivity contribution in [1.82, 2.24) is 9.80 Å². The van der Waals surface area contributed by atoms with Gasteiger partial charge in [0, 0.05) is 37.7 Å². The Morgan fingerprint density at radius 2 is 1.59 bits per heavy atom. The number of ketones is 1. The minimum Gasteiger partial charge on any atom is -0.297 e. The summed E-state index contributed by atoms with van der Waals surface area (Å²) in [6, 6.07) is 11.7. The van der Waals surface area contributed by atoms with E-state index in [9.17, 15) is 14.0 Å². The number of piperazine rings is 1. The van der Waals surface area contributed by atoms with Crippen LogP contribution in [0.3, 0.4) is 0 Å². The van der Waals surface area contributed by atoms with Crippen LogP contribution in [0.1, 0.15) is 15.9 Å². The molecule has 2 heterocycles. The molecule has 1 fully saturated rings. The SMILES string of the molecule is O=C1C(=O)N(CN2CCN(Cc3ccc(Cl)cc3)CC2)c2cc(F)ccc21. The highest BCUT2D eigenvalue weighted by Crippen LogP contribution is 2.30. The minimum atomic E-state index is -0.584. The molecule has 0 bridgehead atoms. The second kappa shape index (κ2) is 7.38. The van der Waals surface area contributed by atoms with Crippen molar-refractivity contribution in [2.24, 2.45) is 0 Å². The van der Waals surface area contributed by atoms with Gasteiger partial charge in [-0.15, -0.1) is 0 Å². The van der Waals surface area contributed by atoms with Crippen molar-refractivity contribution in [3.05, 3.63) is 64.4 Å². The molecule has 0 saturated carbocycles. The molecule has 2 aromatic carbocycles. The van der Waals surface area contributed by atoms with Crippen molar-refractivity contribution in [2.75, 3.05) is 37.7 Å². The van der Waals surface area contributed by atoms with Crippen molar-refractivity contribution >= 4 is 29.0 Å². The molecule has 0 atom stereocenters. The zero-order valence-corrected chi connectivity index (χ0v) is 15.5. The number of carbonyl (C=O) groups is 2. The molecule has 5 nitrogen and oxygen atoms in total. The number of fused-ring (bicyclic) bond motifs is 1. The molecular formula is C20H19ClFN3O2. The molecule has 4 rings (SSSR count). The van der Waals surface area contributed by atoms with Crippen LogP contribution in [0.25, 0.3) is 0 Å². The number of Topliss-reactive ketones (excluding diaryl/α,β-unsaturated/α-hetero) is 1. The topological polar surface area (TPSA) is 43.9 Å². The lowest BCUT2D eigenvalue weighted by Crippen LogP contribution is -2.50. The normalized spacial score (nSPS) is 18.2. The molecule has 2 aliphatic rings. The van der Waals surface area contributed by atoms with Crippen LogP contribution in [0, 0.1) is 5.82 Å². The maximum Gasteiger partial charge on any atom is 0.300 e. The maximum atomic E-state index is 13.6. The summed E-state index contributed by atoms with van der Waals surface area (Å²) in [4.78, 5) is 30.2. The molecule has 27 heavy (non-hydrogen) atoms. The summed E-state index contributed by atoms with van der Waals surface area (Å²) in [7, 11) is 0. The van der Waals surface area contributed by atoms with E-state index < -0.39 is 17.5 Å². The summed E-state index contributed by atoms with van der Waals surface area (Å²) in [5.41, 5.74) is 1.86. The monoisotopic (exact) mass is 387 g/mol. The van der Waals surface area contributed by atoms with Gasteiger partial charge in [0.15, 0.2) is 0 Å². The van der Waals surface area contributed by atoms with Gasteiger partial charge in [-0.1, -0.05) is 23.7 Å². The van der Waals surface area contributed by atoms with Crippen LogP contribution in [0.15, 0.2) is 42.5 Å². The molecule has 1 saturated heterocycles. The molecule has 2 aromatic rings. The first-order valence-corrected chi connectivity index (χ1v) is 9.24. The molecule has 0 aliphatic carbocycles. The second-order valence-corrected chi connectivity index (χ2v) is 7.32. The Morgan fingerprint density at radius 1 is 0.926 bits per heavy atom. The number of rotatable bonds is 4. The zero-order valence-electron chi connectivity index (χ0n) is 14.7. The second-order valence-electron chi connectivity index (χ2n) is 6.89. The number of carbonyl (C=O) groups excluding carboxylic acids is 2. The summed E-state index contributed by atoms with van der Waals surface area (Å²) in [6.07, 6.45) is 0. The zero-order chi connectivity index (χ0) is 19.0. The number of anilines is 1. The predicted octanol–water partition coefficient (Wildman–Crippen LogP) is 2.78. The fraction of sp³-hybridized carbons (Fsp3) is 0.300. The van der Waals surface area contributed by atoms with E-state index in [0.717, 1.165) is 37.7 Å². The summed E-state index contributed by atoms with van der Waals surface area (Å²) < 4.78 is 13.6. The van der Waals surface area contributed by atoms with Crippen molar-refractivity contribution < 1.29 is 14.0 Å². The molecule has 2 aliphatic heterocycles. The number of amides is 1. The predicted molar refractivity (Wildman–Crippen MR) is 101 cm³/mol. The molecule has 0 radical (unpaired) electrons. The summed E-state index contributed by atoms with van der Waals surface area (Å²) >= 11 is 5.92. The van der Waals surface area contributed by atoms with Gasteiger partial charge in [0.25, 0.3) is 5.78 Å². The van der Waals surface area contributed by atoms with Gasteiger partial charge in [-0.25, -0.2) is 4.39 Å². The van der Waals surface area contributed by atoms with Crippen LogP contribution < -0.4 is 4.90 Å². The number of hydrogen-bond donors (Lipinski definition) is 0. The van der Waals surface area contributed by atoms with Gasteiger partial charge >= 0.3 is 5.91 Å². The largest absolute Gasteiger partial charge is 0.300 e. The van der Waals surface area contributed by atoms with Gasteiger partial charge < -0.3 is 0 Å². The average Bonchev–Trinajstić information content (AvgIpc) is 2.89. The quantitative estimate of drug-likeness (QED) is 0.757. The van der Waals surface area contributed by atoms with E-state index in [0.29, 0.717) is 12.4 Å². The van der Waals surface area contributed by atoms with E-state index in [1.165, 1.54) is 28.7 Å². The highest BCUT2D eigenvalue weighted by atomic mass is 35.5. The molecule has 140 valence electrons.